The Labute approximate surface area is 177 Å². The van der Waals surface area contributed by atoms with Gasteiger partial charge in [-0.05, 0) is 48.4 Å². The number of carbonyl (C=O) groups is 2. The summed E-state index contributed by atoms with van der Waals surface area (Å²) >= 11 is 0. The third kappa shape index (κ3) is 5.03. The number of ether oxygens (including phenoxy) is 2. The summed E-state index contributed by atoms with van der Waals surface area (Å²) in [6.45, 7) is 5.53. The van der Waals surface area contributed by atoms with E-state index in [1.54, 1.807) is 19.1 Å². The number of urea groups is 1. The van der Waals surface area contributed by atoms with Gasteiger partial charge in [0.2, 0.25) is 5.91 Å². The van der Waals surface area contributed by atoms with Gasteiger partial charge in [-0.25, -0.2) is 4.79 Å². The fourth-order valence-corrected chi connectivity index (χ4v) is 3.36. The second-order valence-electron chi connectivity index (χ2n) is 7.62. The number of nitrogens with zero attached hydrogens (tertiary/aromatic N) is 2. The minimum absolute atomic E-state index is 0.0308. The second-order valence-corrected chi connectivity index (χ2v) is 7.62. The number of carbonyl (C=O) groups excluding carboxylic acids is 2. The average Bonchev–Trinajstić information content (AvgIpc) is 2.75. The van der Waals surface area contributed by atoms with Crippen LogP contribution in [0.5, 0.6) is 11.5 Å². The van der Waals surface area contributed by atoms with Crippen LogP contribution in [0, 0.1) is 5.92 Å². The van der Waals surface area contributed by atoms with E-state index in [0.29, 0.717) is 31.1 Å². The molecule has 1 aliphatic rings. The molecule has 2 aromatic carbocycles. The number of anilines is 2. The van der Waals surface area contributed by atoms with Crippen molar-refractivity contribution in [3.05, 3.63) is 48.0 Å². The highest BCUT2D eigenvalue weighted by Gasteiger charge is 2.27. The molecule has 0 aromatic heterocycles. The quantitative estimate of drug-likeness (QED) is 0.744. The summed E-state index contributed by atoms with van der Waals surface area (Å²) in [5, 5.41) is 2.87. The predicted octanol–water partition coefficient (Wildman–Crippen LogP) is 4.13. The third-order valence-electron chi connectivity index (χ3n) is 5.07. The van der Waals surface area contributed by atoms with Gasteiger partial charge in [0.05, 0.1) is 14.2 Å². The Kier molecular flexibility index (Phi) is 6.82. The molecule has 7 heteroatoms. The molecule has 0 spiro atoms. The zero-order chi connectivity index (χ0) is 21.7. The van der Waals surface area contributed by atoms with Crippen molar-refractivity contribution in [1.82, 2.24) is 4.90 Å². The van der Waals surface area contributed by atoms with Crippen LogP contribution >= 0.6 is 0 Å². The van der Waals surface area contributed by atoms with E-state index in [-0.39, 0.29) is 17.9 Å². The molecule has 7 nitrogen and oxygen atoms in total. The van der Waals surface area contributed by atoms with Gasteiger partial charge in [-0.1, -0.05) is 13.8 Å². The highest BCUT2D eigenvalue weighted by Crippen LogP contribution is 2.26. The van der Waals surface area contributed by atoms with Crippen LogP contribution in [0.15, 0.2) is 42.5 Å². The lowest BCUT2D eigenvalue weighted by atomic mass is 10.1. The number of amides is 3. The molecular weight excluding hydrogens is 382 g/mol. The van der Waals surface area contributed by atoms with Crippen LogP contribution in [0.1, 0.15) is 25.8 Å². The molecule has 2 aromatic rings. The minimum Gasteiger partial charge on any atom is -0.497 e. The Hall–Kier alpha value is -3.22. The lowest BCUT2D eigenvalue weighted by Gasteiger charge is -2.36. The SMILES string of the molecule is COc1cc(CN2CCCN(c3ccc(NC(=O)C(C)C)cc3)C2=O)cc(OC)c1. The van der Waals surface area contributed by atoms with Gasteiger partial charge in [0.25, 0.3) is 0 Å². The number of rotatable bonds is 7. The van der Waals surface area contributed by atoms with Gasteiger partial charge >= 0.3 is 6.03 Å². The molecule has 160 valence electrons. The van der Waals surface area contributed by atoms with Gasteiger partial charge in [0, 0.05) is 43.0 Å². The largest absolute Gasteiger partial charge is 0.497 e. The van der Waals surface area contributed by atoms with Crippen LogP contribution in [0.25, 0.3) is 0 Å². The summed E-state index contributed by atoms with van der Waals surface area (Å²) in [6.07, 6.45) is 0.874. The van der Waals surface area contributed by atoms with Crippen LogP contribution in [0.2, 0.25) is 0 Å². The molecule has 0 aliphatic carbocycles. The standard InChI is InChI=1S/C23H29N3O4/c1-16(2)22(27)24-18-6-8-19(9-7-18)26-11-5-10-25(23(26)28)15-17-12-20(29-3)14-21(13-17)30-4/h6-9,12-14,16H,5,10-11,15H2,1-4H3,(H,24,27). The first kappa shape index (κ1) is 21.5. The lowest BCUT2D eigenvalue weighted by molar-refractivity contribution is -0.118. The molecule has 3 amide bonds. The van der Waals surface area contributed by atoms with E-state index < -0.39 is 0 Å². The molecule has 0 radical (unpaired) electrons. The van der Waals surface area contributed by atoms with Crippen molar-refractivity contribution in [3.63, 3.8) is 0 Å². The number of benzene rings is 2. The van der Waals surface area contributed by atoms with Gasteiger partial charge in [-0.2, -0.15) is 0 Å². The normalized spacial score (nSPS) is 14.1. The zero-order valence-electron chi connectivity index (χ0n) is 18.0. The maximum absolute atomic E-state index is 13.1. The van der Waals surface area contributed by atoms with E-state index >= 15 is 0 Å². The highest BCUT2D eigenvalue weighted by molar-refractivity contribution is 5.94. The first-order chi connectivity index (χ1) is 14.4. The molecule has 0 atom stereocenters. The summed E-state index contributed by atoms with van der Waals surface area (Å²) in [5.74, 6) is 1.28. The Bertz CT molecular complexity index is 874. The fourth-order valence-electron chi connectivity index (χ4n) is 3.36. The van der Waals surface area contributed by atoms with E-state index in [4.69, 9.17) is 9.47 Å². The molecule has 1 saturated heterocycles. The van der Waals surface area contributed by atoms with Gasteiger partial charge in [0.1, 0.15) is 11.5 Å². The van der Waals surface area contributed by atoms with Crippen molar-refractivity contribution < 1.29 is 19.1 Å². The van der Waals surface area contributed by atoms with Crippen molar-refractivity contribution in [1.29, 1.82) is 0 Å². The summed E-state index contributed by atoms with van der Waals surface area (Å²) in [5.41, 5.74) is 2.49. The van der Waals surface area contributed by atoms with Gasteiger partial charge in [0.15, 0.2) is 0 Å². The Balaban J connectivity index is 1.71. The third-order valence-corrected chi connectivity index (χ3v) is 5.07. The molecule has 1 fully saturated rings. The van der Waals surface area contributed by atoms with Gasteiger partial charge < -0.3 is 19.7 Å². The first-order valence-corrected chi connectivity index (χ1v) is 10.1. The highest BCUT2D eigenvalue weighted by atomic mass is 16.5. The van der Waals surface area contributed by atoms with Crippen molar-refractivity contribution >= 4 is 23.3 Å². The monoisotopic (exact) mass is 411 g/mol. The number of methoxy groups -OCH3 is 2. The van der Waals surface area contributed by atoms with E-state index in [2.05, 4.69) is 5.32 Å². The predicted molar refractivity (Wildman–Crippen MR) is 117 cm³/mol. The maximum atomic E-state index is 13.1. The summed E-state index contributed by atoms with van der Waals surface area (Å²) < 4.78 is 10.7. The topological polar surface area (TPSA) is 71.1 Å². The fraction of sp³-hybridized carbons (Fsp3) is 0.391. The van der Waals surface area contributed by atoms with Crippen molar-refractivity contribution in [3.8, 4) is 11.5 Å². The van der Waals surface area contributed by atoms with Crippen LogP contribution in [-0.2, 0) is 11.3 Å². The summed E-state index contributed by atoms with van der Waals surface area (Å²) in [4.78, 5) is 28.6. The van der Waals surface area contributed by atoms with Crippen molar-refractivity contribution in [2.45, 2.75) is 26.8 Å². The molecule has 0 unspecified atom stereocenters. The van der Waals surface area contributed by atoms with Crippen LogP contribution < -0.4 is 19.7 Å². The smallest absolute Gasteiger partial charge is 0.324 e. The van der Waals surface area contributed by atoms with E-state index in [1.165, 1.54) is 0 Å². The van der Waals surface area contributed by atoms with Crippen LogP contribution in [0.4, 0.5) is 16.2 Å². The van der Waals surface area contributed by atoms with E-state index in [9.17, 15) is 9.59 Å². The molecule has 30 heavy (non-hydrogen) atoms. The minimum atomic E-state index is -0.0860. The van der Waals surface area contributed by atoms with Gasteiger partial charge in [-0.15, -0.1) is 0 Å². The Morgan fingerprint density at radius 1 is 1.03 bits per heavy atom. The maximum Gasteiger partial charge on any atom is 0.324 e. The summed E-state index contributed by atoms with van der Waals surface area (Å²) in [6, 6.07) is 13.0. The number of nitrogens with one attached hydrogen (secondary N) is 1. The molecule has 1 aliphatic heterocycles. The molecule has 0 bridgehead atoms. The molecule has 1 N–H and O–H groups in total. The molecular formula is C23H29N3O4. The first-order valence-electron chi connectivity index (χ1n) is 10.1. The molecule has 3 rings (SSSR count). The average molecular weight is 412 g/mol. The van der Waals surface area contributed by atoms with E-state index in [0.717, 1.165) is 23.4 Å². The van der Waals surface area contributed by atoms with Crippen molar-refractivity contribution in [2.24, 2.45) is 5.92 Å². The van der Waals surface area contributed by atoms with Gasteiger partial charge in [-0.3, -0.25) is 9.69 Å². The Morgan fingerprint density at radius 2 is 1.67 bits per heavy atom. The second kappa shape index (κ2) is 9.52. The van der Waals surface area contributed by atoms with Crippen LogP contribution in [-0.4, -0.2) is 44.1 Å². The lowest BCUT2D eigenvalue weighted by Crippen LogP contribution is -2.49. The zero-order valence-corrected chi connectivity index (χ0v) is 18.0. The van der Waals surface area contributed by atoms with Crippen molar-refractivity contribution in [2.75, 3.05) is 37.5 Å². The molecule has 1 heterocycles. The number of hydrogen-bond acceptors (Lipinski definition) is 4. The van der Waals surface area contributed by atoms with E-state index in [1.807, 2.05) is 61.2 Å². The molecule has 0 saturated carbocycles. The van der Waals surface area contributed by atoms with Crippen LogP contribution in [0.3, 0.4) is 0 Å². The summed E-state index contributed by atoms with van der Waals surface area (Å²) in [7, 11) is 3.22. The Morgan fingerprint density at radius 3 is 2.23 bits per heavy atom. The number of hydrogen-bond donors (Lipinski definition) is 1.